The van der Waals surface area contributed by atoms with Gasteiger partial charge in [0.25, 0.3) is 0 Å². The van der Waals surface area contributed by atoms with Crippen molar-refractivity contribution in [2.45, 2.75) is 10.6 Å². The van der Waals surface area contributed by atoms with Crippen LogP contribution in [-0.2, 0) is 9.59 Å². The summed E-state index contributed by atoms with van der Waals surface area (Å²) in [5.74, 6) is -1.80. The number of aliphatic carboxylic acids is 1. The normalized spacial score (nSPS) is 29.2. The molecular weight excluding hydrogens is 159 g/mol. The molecule has 1 saturated heterocycles. The summed E-state index contributed by atoms with van der Waals surface area (Å²) in [6, 6.07) is -0.767. The van der Waals surface area contributed by atoms with E-state index in [9.17, 15) is 14.4 Å². The molecule has 0 aromatic rings. The number of carboxylic acid groups (broad SMARTS) is 1. The number of urea groups is 1. The molecule has 0 radical (unpaired) electrons. The zero-order chi connectivity index (χ0) is 9.35. The molecule has 1 aliphatic rings. The molecule has 1 heterocycles. The molecule has 0 bridgehead atoms. The van der Waals surface area contributed by atoms with Gasteiger partial charge in [-0.2, -0.15) is 0 Å². The molecule has 1 aliphatic heterocycles. The van der Waals surface area contributed by atoms with E-state index in [2.05, 4.69) is 5.32 Å². The van der Waals surface area contributed by atoms with Crippen LogP contribution in [0.4, 0.5) is 4.79 Å². The fourth-order valence-corrected chi connectivity index (χ4v) is 0.947. The van der Waals surface area contributed by atoms with Crippen LogP contribution >= 0.6 is 0 Å². The van der Waals surface area contributed by atoms with Crippen LogP contribution in [0.25, 0.3) is 0 Å². The number of hydrogen-bond acceptors (Lipinski definition) is 3. The summed E-state index contributed by atoms with van der Waals surface area (Å²) in [6.07, 6.45) is -0.242. The topological polar surface area (TPSA) is 95.5 Å². The monoisotopic (exact) mass is 164 g/mol. The Morgan fingerprint density at radius 3 is 2.58 bits per heavy atom. The van der Waals surface area contributed by atoms with Gasteiger partial charge in [0.2, 0.25) is 0 Å². The number of carboxylic acids is 1. The summed E-state index contributed by atoms with van der Waals surface area (Å²) in [5.41, 5.74) is 0. The van der Waals surface area contributed by atoms with E-state index in [-0.39, 0.29) is 6.42 Å². The minimum atomic E-state index is -1.47. The fraction of sp³-hybridized carbons (Fsp3) is 0.400. The second-order valence-corrected chi connectivity index (χ2v) is 2.82. The number of hydrogen-bond donors (Lipinski definition) is 3. The van der Waals surface area contributed by atoms with Gasteiger partial charge in [-0.05, 0) is 0 Å². The van der Waals surface area contributed by atoms with Gasteiger partial charge in [-0.3, -0.25) is 0 Å². The van der Waals surface area contributed by atoms with E-state index in [0.717, 1.165) is 0 Å². The van der Waals surface area contributed by atoms with E-state index >= 15 is 0 Å². The molecule has 1 atom stereocenters. The van der Waals surface area contributed by atoms with Crippen LogP contribution in [0.3, 0.4) is 0 Å². The van der Waals surface area contributed by atoms with E-state index in [0.29, 0.717) is 0 Å². The molecule has 0 aromatic heterocycles. The van der Waals surface area contributed by atoms with E-state index < -0.39 is 22.1 Å². The number of rotatable bonds is 1. The average molecular weight is 164 g/mol. The molecule has 1 unspecified atom stereocenters. The summed E-state index contributed by atoms with van der Waals surface area (Å²) >= 11 is 1.28. The van der Waals surface area contributed by atoms with Gasteiger partial charge in [0.1, 0.15) is 0 Å². The number of carbonyl (C=O) groups excluding carboxylic acids is 2. The second kappa shape index (κ2) is 2.81. The molecule has 0 saturated carbocycles. The summed E-state index contributed by atoms with van der Waals surface area (Å²) in [6.45, 7) is 0. The second-order valence-electron chi connectivity index (χ2n) is 2.82. The van der Waals surface area contributed by atoms with Crippen LogP contribution in [0.15, 0.2) is 0 Å². The Hall–Kier alpha value is -0.993. The third kappa shape index (κ3) is 1.60. The van der Waals surface area contributed by atoms with Crippen molar-refractivity contribution < 1.29 is 19.5 Å². The van der Waals surface area contributed by atoms with Crippen LogP contribution in [0, 0.1) is 0 Å². The van der Waals surface area contributed by atoms with Crippen LogP contribution in [0.5, 0.6) is 0 Å². The quantitative estimate of drug-likeness (QED) is 0.397. The van der Waals surface area contributed by atoms with Crippen LogP contribution in [0.2, 0.25) is 0 Å². The summed E-state index contributed by atoms with van der Waals surface area (Å²) in [7, 11) is 0. The summed E-state index contributed by atoms with van der Waals surface area (Å²) < 4.78 is -1.47. The van der Waals surface area contributed by atoms with Gasteiger partial charge in [0, 0.05) is 0 Å². The van der Waals surface area contributed by atoms with Crippen molar-refractivity contribution >= 4 is 35.6 Å². The number of carbonyl (C=O) groups is 3. The first-order chi connectivity index (χ1) is 5.44. The first-order valence-corrected chi connectivity index (χ1v) is 3.29. The Morgan fingerprint density at radius 1 is 1.58 bits per heavy atom. The van der Waals surface area contributed by atoms with Crippen LogP contribution in [0.1, 0.15) is 6.42 Å². The molecule has 0 aromatic carbocycles. The zero-order valence-corrected chi connectivity index (χ0v) is 6.38. The number of imide groups is 1. The Bertz CT molecular complexity index is 248. The third-order valence-corrected chi connectivity index (χ3v) is 1.63. The van der Waals surface area contributed by atoms with Gasteiger partial charge in [-0.15, -0.1) is 0 Å². The fourth-order valence-electron chi connectivity index (χ4n) is 0.947. The van der Waals surface area contributed by atoms with Gasteiger partial charge in [-0.1, -0.05) is 0 Å². The standard InChI is InChI=1S/C5H5N2O4.Li/c8-3-1-2(4(9)10)6-5(11)7-3;/h1H2,(H,9,10)(H2,6,7,8,11);. The van der Waals surface area contributed by atoms with Crippen LogP contribution < -0.4 is 10.6 Å². The van der Waals surface area contributed by atoms with Crippen LogP contribution in [-0.4, -0.2) is 44.9 Å². The Balaban J connectivity index is 2.85. The molecule has 1 fully saturated rings. The SMILES string of the molecule is [Li][C]1(C(=O)O)CC(=O)NC(=O)N1. The Kier molecular flexibility index (Phi) is 2.13. The van der Waals surface area contributed by atoms with E-state index in [4.69, 9.17) is 5.11 Å². The van der Waals surface area contributed by atoms with E-state index in [1.807, 2.05) is 5.32 Å². The first kappa shape index (κ1) is 9.10. The molecule has 60 valence electrons. The van der Waals surface area contributed by atoms with Gasteiger partial charge in [0.05, 0.1) is 0 Å². The number of nitrogens with one attached hydrogen (secondary N) is 2. The number of amides is 3. The maximum atomic E-state index is 10.8. The Morgan fingerprint density at radius 2 is 2.17 bits per heavy atom. The molecule has 0 aliphatic carbocycles. The minimum absolute atomic E-state index is 0.242. The first-order valence-electron chi connectivity index (χ1n) is 3.29. The maximum absolute atomic E-state index is 10.8. The predicted octanol–water partition coefficient (Wildman–Crippen LogP) is -1.83. The zero-order valence-electron chi connectivity index (χ0n) is 6.38. The van der Waals surface area contributed by atoms with Gasteiger partial charge < -0.3 is 0 Å². The van der Waals surface area contributed by atoms with Crippen molar-refractivity contribution in [1.82, 2.24) is 10.6 Å². The molecular formula is C5H5LiN2O4. The van der Waals surface area contributed by atoms with Crippen molar-refractivity contribution in [2.75, 3.05) is 0 Å². The van der Waals surface area contributed by atoms with Gasteiger partial charge >= 0.3 is 76.4 Å². The molecule has 6 nitrogen and oxygen atoms in total. The van der Waals surface area contributed by atoms with E-state index in [1.165, 1.54) is 17.7 Å². The molecule has 1 rings (SSSR count). The molecule has 0 spiro atoms. The average Bonchev–Trinajstić information content (AvgIpc) is 1.82. The van der Waals surface area contributed by atoms with Gasteiger partial charge in [0.15, 0.2) is 0 Å². The van der Waals surface area contributed by atoms with Crippen molar-refractivity contribution in [3.63, 3.8) is 0 Å². The van der Waals surface area contributed by atoms with Crippen molar-refractivity contribution in [1.29, 1.82) is 0 Å². The van der Waals surface area contributed by atoms with Crippen molar-refractivity contribution in [2.24, 2.45) is 0 Å². The van der Waals surface area contributed by atoms with Gasteiger partial charge in [-0.25, -0.2) is 0 Å². The molecule has 12 heavy (non-hydrogen) atoms. The third-order valence-electron chi connectivity index (χ3n) is 1.63. The molecule has 3 amide bonds. The molecule has 7 heteroatoms. The summed E-state index contributed by atoms with van der Waals surface area (Å²) in [5, 5.41) is 12.7. The predicted molar refractivity (Wildman–Crippen MR) is 37.4 cm³/mol. The van der Waals surface area contributed by atoms with Crippen molar-refractivity contribution in [3.8, 4) is 0 Å². The Labute approximate surface area is 76.9 Å². The molecule has 3 N–H and O–H groups in total. The van der Waals surface area contributed by atoms with E-state index in [1.54, 1.807) is 0 Å². The summed E-state index contributed by atoms with van der Waals surface area (Å²) in [4.78, 5) is 32.0. The van der Waals surface area contributed by atoms with Crippen molar-refractivity contribution in [3.05, 3.63) is 0 Å².